The first-order valence-corrected chi connectivity index (χ1v) is 9.77. The molecule has 1 aromatic carbocycles. The van der Waals surface area contributed by atoms with Gasteiger partial charge in [0.15, 0.2) is 5.76 Å². The summed E-state index contributed by atoms with van der Waals surface area (Å²) in [4.78, 5) is 14.6. The monoisotopic (exact) mass is 412 g/mol. The van der Waals surface area contributed by atoms with Crippen molar-refractivity contribution in [3.63, 3.8) is 0 Å². The third kappa shape index (κ3) is 4.46. The third-order valence-electron chi connectivity index (χ3n) is 5.16. The van der Waals surface area contributed by atoms with Gasteiger partial charge < -0.3 is 23.6 Å². The molecule has 1 fully saturated rings. The summed E-state index contributed by atoms with van der Waals surface area (Å²) < 4.78 is 21.6. The van der Waals surface area contributed by atoms with Crippen molar-refractivity contribution < 1.29 is 23.1 Å². The summed E-state index contributed by atoms with van der Waals surface area (Å²) in [5, 5.41) is 11.1. The first kappa shape index (κ1) is 20.0. The van der Waals surface area contributed by atoms with E-state index < -0.39 is 0 Å². The maximum absolute atomic E-state index is 12.5. The van der Waals surface area contributed by atoms with E-state index in [9.17, 15) is 4.79 Å². The minimum atomic E-state index is -0.0881. The highest BCUT2D eigenvalue weighted by atomic mass is 16.5. The summed E-state index contributed by atoms with van der Waals surface area (Å²) >= 11 is 0. The van der Waals surface area contributed by atoms with Gasteiger partial charge in [-0.15, -0.1) is 10.2 Å². The van der Waals surface area contributed by atoms with Gasteiger partial charge in [0.1, 0.15) is 11.5 Å². The molecule has 0 aliphatic carbocycles. The number of likely N-dealkylation sites (tertiary alicyclic amines) is 1. The number of nitrogens with one attached hydrogen (secondary N) is 1. The van der Waals surface area contributed by atoms with Gasteiger partial charge in [-0.05, 0) is 50.2 Å². The van der Waals surface area contributed by atoms with Crippen LogP contribution in [0.4, 0.5) is 5.69 Å². The molecule has 0 unspecified atom stereocenters. The number of rotatable bonds is 7. The molecule has 158 valence electrons. The molecule has 30 heavy (non-hydrogen) atoms. The molecule has 1 aliphatic heterocycles. The fraction of sp³-hybridized carbons (Fsp3) is 0.381. The van der Waals surface area contributed by atoms with Gasteiger partial charge in [-0.1, -0.05) is 0 Å². The molecule has 0 saturated carbocycles. The van der Waals surface area contributed by atoms with Crippen LogP contribution >= 0.6 is 0 Å². The lowest BCUT2D eigenvalue weighted by atomic mass is 9.97. The standard InChI is InChI=1S/C21H24N4O5/c1-27-15-5-6-16(18(12-15)28-2)22-19(26)13-25-9-7-14(8-10-25)20-23-24-21(30-20)17-4-3-11-29-17/h3-6,11-12,14H,7-10,13H2,1-2H3,(H,22,26). The Morgan fingerprint density at radius 1 is 1.20 bits per heavy atom. The highest BCUT2D eigenvalue weighted by Crippen LogP contribution is 2.30. The van der Waals surface area contributed by atoms with Crippen LogP contribution in [0.2, 0.25) is 0 Å². The zero-order chi connectivity index (χ0) is 20.9. The molecule has 1 aliphatic rings. The van der Waals surface area contributed by atoms with Crippen LogP contribution in [0.5, 0.6) is 11.5 Å². The summed E-state index contributed by atoms with van der Waals surface area (Å²) in [5.74, 6) is 2.90. The minimum absolute atomic E-state index is 0.0881. The van der Waals surface area contributed by atoms with Crippen LogP contribution in [0.3, 0.4) is 0 Å². The number of hydrogen-bond acceptors (Lipinski definition) is 8. The number of aromatic nitrogens is 2. The number of hydrogen-bond donors (Lipinski definition) is 1. The van der Waals surface area contributed by atoms with E-state index in [2.05, 4.69) is 20.4 Å². The number of nitrogens with zero attached hydrogens (tertiary/aromatic N) is 3. The molecular formula is C21H24N4O5. The Balaban J connectivity index is 1.29. The molecule has 0 radical (unpaired) electrons. The number of benzene rings is 1. The Hall–Kier alpha value is -3.33. The first-order chi connectivity index (χ1) is 14.7. The number of furan rings is 1. The lowest BCUT2D eigenvalue weighted by Crippen LogP contribution is -2.38. The van der Waals surface area contributed by atoms with Gasteiger partial charge in [-0.2, -0.15) is 0 Å². The molecule has 2 aromatic heterocycles. The van der Waals surface area contributed by atoms with Gasteiger partial charge in [0.05, 0.1) is 32.7 Å². The molecule has 4 rings (SSSR count). The van der Waals surface area contributed by atoms with Crippen molar-refractivity contribution in [3.8, 4) is 23.1 Å². The summed E-state index contributed by atoms with van der Waals surface area (Å²) in [6.07, 6.45) is 3.27. The van der Waals surface area contributed by atoms with Crippen molar-refractivity contribution in [2.24, 2.45) is 0 Å². The molecular weight excluding hydrogens is 388 g/mol. The summed E-state index contributed by atoms with van der Waals surface area (Å²) in [5.41, 5.74) is 0.620. The predicted molar refractivity (Wildman–Crippen MR) is 109 cm³/mol. The van der Waals surface area contributed by atoms with Gasteiger partial charge in [-0.25, -0.2) is 0 Å². The van der Waals surface area contributed by atoms with E-state index in [0.29, 0.717) is 41.3 Å². The number of carbonyl (C=O) groups excluding carboxylic acids is 1. The van der Waals surface area contributed by atoms with Gasteiger partial charge >= 0.3 is 0 Å². The van der Waals surface area contributed by atoms with Gasteiger partial charge in [0.2, 0.25) is 11.8 Å². The Morgan fingerprint density at radius 3 is 2.73 bits per heavy atom. The number of anilines is 1. The molecule has 3 heterocycles. The molecule has 3 aromatic rings. The van der Waals surface area contributed by atoms with Crippen molar-refractivity contribution in [1.82, 2.24) is 15.1 Å². The van der Waals surface area contributed by atoms with Crippen LogP contribution in [0.1, 0.15) is 24.7 Å². The van der Waals surface area contributed by atoms with Crippen molar-refractivity contribution in [2.75, 3.05) is 39.2 Å². The second kappa shape index (κ2) is 9.00. The summed E-state index contributed by atoms with van der Waals surface area (Å²) in [6, 6.07) is 8.86. The van der Waals surface area contributed by atoms with E-state index >= 15 is 0 Å². The average Bonchev–Trinajstić information content (AvgIpc) is 3.46. The Bertz CT molecular complexity index is 977. The van der Waals surface area contributed by atoms with Gasteiger partial charge in [0.25, 0.3) is 5.89 Å². The van der Waals surface area contributed by atoms with E-state index in [1.807, 2.05) is 0 Å². The number of amides is 1. The second-order valence-electron chi connectivity index (χ2n) is 7.09. The molecule has 0 spiro atoms. The van der Waals surface area contributed by atoms with Crippen LogP contribution in [0.15, 0.2) is 45.4 Å². The first-order valence-electron chi connectivity index (χ1n) is 9.77. The second-order valence-corrected chi connectivity index (χ2v) is 7.09. The van der Waals surface area contributed by atoms with Crippen LogP contribution in [-0.4, -0.2) is 54.9 Å². The third-order valence-corrected chi connectivity index (χ3v) is 5.16. The fourth-order valence-corrected chi connectivity index (χ4v) is 3.53. The van der Waals surface area contributed by atoms with Crippen molar-refractivity contribution in [3.05, 3.63) is 42.5 Å². The SMILES string of the molecule is COc1ccc(NC(=O)CN2CCC(c3nnc(-c4ccco4)o3)CC2)c(OC)c1. The Labute approximate surface area is 174 Å². The van der Waals surface area contributed by atoms with E-state index in [1.165, 1.54) is 0 Å². The minimum Gasteiger partial charge on any atom is -0.497 e. The van der Waals surface area contributed by atoms with Gasteiger partial charge in [0, 0.05) is 12.0 Å². The fourth-order valence-electron chi connectivity index (χ4n) is 3.53. The van der Waals surface area contributed by atoms with Gasteiger partial charge in [-0.3, -0.25) is 9.69 Å². The number of ether oxygens (including phenoxy) is 2. The molecule has 0 atom stereocenters. The Kier molecular flexibility index (Phi) is 5.99. The zero-order valence-corrected chi connectivity index (χ0v) is 17.0. The average molecular weight is 412 g/mol. The lowest BCUT2D eigenvalue weighted by molar-refractivity contribution is -0.117. The maximum Gasteiger partial charge on any atom is 0.283 e. The number of methoxy groups -OCH3 is 2. The molecule has 0 bridgehead atoms. The summed E-state index contributed by atoms with van der Waals surface area (Å²) in [7, 11) is 3.15. The van der Waals surface area contributed by atoms with E-state index in [-0.39, 0.29) is 11.8 Å². The van der Waals surface area contributed by atoms with Crippen LogP contribution in [0, 0.1) is 0 Å². The topological polar surface area (TPSA) is 103 Å². The smallest absolute Gasteiger partial charge is 0.283 e. The van der Waals surface area contributed by atoms with Crippen LogP contribution < -0.4 is 14.8 Å². The molecule has 1 N–H and O–H groups in total. The van der Waals surface area contributed by atoms with Crippen molar-refractivity contribution in [2.45, 2.75) is 18.8 Å². The highest BCUT2D eigenvalue weighted by molar-refractivity contribution is 5.93. The number of carbonyl (C=O) groups is 1. The molecule has 9 nitrogen and oxygen atoms in total. The van der Waals surface area contributed by atoms with Crippen LogP contribution in [-0.2, 0) is 4.79 Å². The van der Waals surface area contributed by atoms with E-state index in [4.69, 9.17) is 18.3 Å². The Morgan fingerprint density at radius 2 is 2.03 bits per heavy atom. The largest absolute Gasteiger partial charge is 0.497 e. The van der Waals surface area contributed by atoms with Crippen molar-refractivity contribution >= 4 is 11.6 Å². The highest BCUT2D eigenvalue weighted by Gasteiger charge is 2.26. The number of piperidine rings is 1. The lowest BCUT2D eigenvalue weighted by Gasteiger charge is -2.29. The van der Waals surface area contributed by atoms with Crippen LogP contribution in [0.25, 0.3) is 11.7 Å². The zero-order valence-electron chi connectivity index (χ0n) is 17.0. The summed E-state index contributed by atoms with van der Waals surface area (Å²) in [6.45, 7) is 1.86. The van der Waals surface area contributed by atoms with Crippen molar-refractivity contribution in [1.29, 1.82) is 0 Å². The maximum atomic E-state index is 12.5. The van der Waals surface area contributed by atoms with E-state index in [0.717, 1.165) is 25.9 Å². The molecule has 1 amide bonds. The quantitative estimate of drug-likeness (QED) is 0.631. The normalized spacial score (nSPS) is 15.1. The predicted octanol–water partition coefficient (Wildman–Crippen LogP) is 3.16. The van der Waals surface area contributed by atoms with E-state index in [1.54, 1.807) is 50.8 Å². The molecule has 1 saturated heterocycles. The molecule has 9 heteroatoms.